The number of hydrogen-bond donors (Lipinski definition) is 0. The quantitative estimate of drug-likeness (QED) is 0.793. The second-order valence-corrected chi connectivity index (χ2v) is 8.90. The van der Waals surface area contributed by atoms with Crippen molar-refractivity contribution in [1.82, 2.24) is 4.90 Å². The Morgan fingerprint density at radius 3 is 2.57 bits per heavy atom. The second-order valence-electron chi connectivity index (χ2n) is 6.67. The van der Waals surface area contributed by atoms with E-state index in [4.69, 9.17) is 9.15 Å². The number of ether oxygens (including phenoxy) is 1. The molecule has 23 heavy (non-hydrogen) atoms. The number of sulfone groups is 1. The van der Waals surface area contributed by atoms with Crippen LogP contribution in [0.15, 0.2) is 21.5 Å². The molecule has 1 unspecified atom stereocenters. The Labute approximate surface area is 135 Å². The van der Waals surface area contributed by atoms with Gasteiger partial charge in [-0.3, -0.25) is 9.59 Å². The van der Waals surface area contributed by atoms with Gasteiger partial charge in [0, 0.05) is 12.6 Å². The lowest BCUT2D eigenvalue weighted by Crippen LogP contribution is -2.56. The Kier molecular flexibility index (Phi) is 4.57. The molecule has 1 aromatic heterocycles. The van der Waals surface area contributed by atoms with Crippen molar-refractivity contribution in [1.29, 1.82) is 0 Å². The standard InChI is InChI=1S/C15H21NO6S/c1-15(2,3)13-9-23(19,20)6-5-16(13)14(18)11-7-10(17)12(21-4)8-22-11/h7-8,13H,5-6,9H2,1-4H3. The van der Waals surface area contributed by atoms with Gasteiger partial charge in [0.05, 0.1) is 24.7 Å². The van der Waals surface area contributed by atoms with Crippen LogP contribution in [0.2, 0.25) is 0 Å². The Hall–Kier alpha value is -1.83. The Balaban J connectivity index is 2.36. The molecule has 1 fully saturated rings. The summed E-state index contributed by atoms with van der Waals surface area (Å²) in [5, 5.41) is 0. The molecule has 2 heterocycles. The molecule has 1 aliphatic rings. The molecule has 1 saturated heterocycles. The molecule has 0 aromatic carbocycles. The Morgan fingerprint density at radius 1 is 1.39 bits per heavy atom. The molecular formula is C15H21NO6S. The highest BCUT2D eigenvalue weighted by atomic mass is 32.2. The fourth-order valence-corrected chi connectivity index (χ4v) is 4.37. The van der Waals surface area contributed by atoms with Gasteiger partial charge < -0.3 is 14.1 Å². The average molecular weight is 343 g/mol. The van der Waals surface area contributed by atoms with E-state index in [0.29, 0.717) is 0 Å². The molecule has 0 saturated carbocycles. The van der Waals surface area contributed by atoms with Gasteiger partial charge in [0.15, 0.2) is 15.6 Å². The molecule has 128 valence electrons. The molecule has 2 rings (SSSR count). The average Bonchev–Trinajstić information content (AvgIpc) is 2.44. The van der Waals surface area contributed by atoms with Crippen molar-refractivity contribution in [2.75, 3.05) is 25.2 Å². The van der Waals surface area contributed by atoms with Crippen molar-refractivity contribution in [2.24, 2.45) is 5.41 Å². The zero-order valence-corrected chi connectivity index (χ0v) is 14.5. The van der Waals surface area contributed by atoms with E-state index in [1.807, 2.05) is 20.8 Å². The van der Waals surface area contributed by atoms with Crippen LogP contribution < -0.4 is 10.2 Å². The van der Waals surface area contributed by atoms with E-state index in [1.165, 1.54) is 12.0 Å². The minimum atomic E-state index is -3.19. The molecule has 0 radical (unpaired) electrons. The lowest BCUT2D eigenvalue weighted by molar-refractivity contribution is 0.0527. The molecule has 8 heteroatoms. The van der Waals surface area contributed by atoms with Crippen LogP contribution in [0.3, 0.4) is 0 Å². The van der Waals surface area contributed by atoms with Crippen LogP contribution in [0, 0.1) is 5.41 Å². The van der Waals surface area contributed by atoms with E-state index >= 15 is 0 Å². The summed E-state index contributed by atoms with van der Waals surface area (Å²) >= 11 is 0. The van der Waals surface area contributed by atoms with Gasteiger partial charge in [-0.05, 0) is 5.41 Å². The van der Waals surface area contributed by atoms with Gasteiger partial charge in [0.1, 0.15) is 6.26 Å². The normalized spacial score (nSPS) is 21.0. The molecule has 0 bridgehead atoms. The first-order valence-corrected chi connectivity index (χ1v) is 9.05. The number of methoxy groups -OCH3 is 1. The monoisotopic (exact) mass is 343 g/mol. The minimum Gasteiger partial charge on any atom is -0.490 e. The van der Waals surface area contributed by atoms with Gasteiger partial charge >= 0.3 is 0 Å². The summed E-state index contributed by atoms with van der Waals surface area (Å²) in [5.41, 5.74) is -0.880. The molecule has 1 amide bonds. The van der Waals surface area contributed by atoms with Crippen LogP contribution in [0.25, 0.3) is 0 Å². The molecular weight excluding hydrogens is 322 g/mol. The van der Waals surface area contributed by atoms with Crippen molar-refractivity contribution in [3.63, 3.8) is 0 Å². The van der Waals surface area contributed by atoms with Crippen molar-refractivity contribution in [3.8, 4) is 5.75 Å². The first-order valence-electron chi connectivity index (χ1n) is 7.23. The SMILES string of the molecule is COc1coc(C(=O)N2CCS(=O)(=O)CC2C(C)(C)C)cc1=O. The van der Waals surface area contributed by atoms with Crippen LogP contribution in [-0.2, 0) is 9.84 Å². The summed E-state index contributed by atoms with van der Waals surface area (Å²) in [5.74, 6) is -0.784. The van der Waals surface area contributed by atoms with E-state index in [0.717, 1.165) is 12.3 Å². The third kappa shape index (κ3) is 3.74. The van der Waals surface area contributed by atoms with E-state index in [-0.39, 0.29) is 29.6 Å². The number of nitrogens with zero attached hydrogens (tertiary/aromatic N) is 1. The molecule has 1 atom stereocenters. The number of carbonyl (C=O) groups is 1. The Bertz CT molecular complexity index is 759. The Morgan fingerprint density at radius 2 is 2.04 bits per heavy atom. The van der Waals surface area contributed by atoms with Gasteiger partial charge in [-0.15, -0.1) is 0 Å². The van der Waals surface area contributed by atoms with Gasteiger partial charge in [-0.2, -0.15) is 0 Å². The summed E-state index contributed by atoms with van der Waals surface area (Å²) < 4.78 is 33.9. The van der Waals surface area contributed by atoms with Crippen LogP contribution in [0.4, 0.5) is 0 Å². The van der Waals surface area contributed by atoms with E-state index in [1.54, 1.807) is 0 Å². The number of amides is 1. The van der Waals surface area contributed by atoms with Gasteiger partial charge in [0.2, 0.25) is 11.2 Å². The molecule has 1 aliphatic heterocycles. The van der Waals surface area contributed by atoms with Crippen molar-refractivity contribution in [2.45, 2.75) is 26.8 Å². The predicted octanol–water partition coefficient (Wildman–Crippen LogP) is 0.934. The molecule has 7 nitrogen and oxygen atoms in total. The zero-order chi connectivity index (χ0) is 17.4. The molecule has 0 N–H and O–H groups in total. The van der Waals surface area contributed by atoms with Gasteiger partial charge in [-0.25, -0.2) is 8.42 Å². The van der Waals surface area contributed by atoms with Crippen LogP contribution in [0.1, 0.15) is 31.3 Å². The van der Waals surface area contributed by atoms with Crippen LogP contribution in [-0.4, -0.2) is 50.4 Å². The van der Waals surface area contributed by atoms with Crippen LogP contribution in [0.5, 0.6) is 5.75 Å². The number of carbonyl (C=O) groups excluding carboxylic acids is 1. The summed E-state index contributed by atoms with van der Waals surface area (Å²) in [6, 6.07) is 0.588. The summed E-state index contributed by atoms with van der Waals surface area (Å²) in [6.07, 6.45) is 1.09. The summed E-state index contributed by atoms with van der Waals surface area (Å²) in [6.45, 7) is 5.72. The van der Waals surface area contributed by atoms with Crippen molar-refractivity contribution >= 4 is 15.7 Å². The van der Waals surface area contributed by atoms with E-state index in [9.17, 15) is 18.0 Å². The lowest BCUT2D eigenvalue weighted by atomic mass is 9.86. The number of hydrogen-bond acceptors (Lipinski definition) is 6. The molecule has 0 spiro atoms. The first-order chi connectivity index (χ1) is 10.5. The predicted molar refractivity (Wildman–Crippen MR) is 84.5 cm³/mol. The maximum absolute atomic E-state index is 12.7. The minimum absolute atomic E-state index is 0.00939. The van der Waals surface area contributed by atoms with Gasteiger partial charge in [0.25, 0.3) is 5.91 Å². The summed E-state index contributed by atoms with van der Waals surface area (Å²) in [7, 11) is -1.86. The maximum Gasteiger partial charge on any atom is 0.290 e. The number of rotatable bonds is 2. The highest BCUT2D eigenvalue weighted by Gasteiger charge is 2.41. The third-order valence-electron chi connectivity index (χ3n) is 3.92. The largest absolute Gasteiger partial charge is 0.490 e. The van der Waals surface area contributed by atoms with E-state index < -0.39 is 32.6 Å². The fraction of sp³-hybridized carbons (Fsp3) is 0.600. The zero-order valence-electron chi connectivity index (χ0n) is 13.7. The highest BCUT2D eigenvalue weighted by Crippen LogP contribution is 2.29. The molecule has 1 aromatic rings. The molecule has 0 aliphatic carbocycles. The topological polar surface area (TPSA) is 93.9 Å². The summed E-state index contributed by atoms with van der Waals surface area (Å²) in [4.78, 5) is 25.9. The highest BCUT2D eigenvalue weighted by molar-refractivity contribution is 7.91. The van der Waals surface area contributed by atoms with Crippen LogP contribution >= 0.6 is 0 Å². The lowest BCUT2D eigenvalue weighted by Gasteiger charge is -2.42. The van der Waals surface area contributed by atoms with Crippen molar-refractivity contribution in [3.05, 3.63) is 28.3 Å². The first kappa shape index (κ1) is 17.5. The maximum atomic E-state index is 12.7. The third-order valence-corrected chi connectivity index (χ3v) is 5.55. The van der Waals surface area contributed by atoms with E-state index in [2.05, 4.69) is 0 Å². The van der Waals surface area contributed by atoms with Crippen molar-refractivity contribution < 1.29 is 22.4 Å². The smallest absolute Gasteiger partial charge is 0.290 e. The second kappa shape index (κ2) is 5.99. The fourth-order valence-electron chi connectivity index (χ4n) is 2.57. The van der Waals surface area contributed by atoms with Gasteiger partial charge in [-0.1, -0.05) is 20.8 Å².